The van der Waals surface area contributed by atoms with Crippen molar-refractivity contribution >= 4 is 17.5 Å². The molecule has 1 aromatic carbocycles. The van der Waals surface area contributed by atoms with Gasteiger partial charge in [0, 0.05) is 45.3 Å². The number of benzene rings is 1. The number of aryl methyl sites for hydroxylation is 1. The fourth-order valence-electron chi connectivity index (χ4n) is 3.74. The highest BCUT2D eigenvalue weighted by Gasteiger charge is 2.23. The summed E-state index contributed by atoms with van der Waals surface area (Å²) in [4.78, 5) is 28.1. The van der Waals surface area contributed by atoms with Crippen LogP contribution in [0.5, 0.6) is 5.75 Å². The quantitative estimate of drug-likeness (QED) is 0.791. The molecule has 0 unspecified atom stereocenters. The molecule has 0 N–H and O–H groups in total. The van der Waals surface area contributed by atoms with Gasteiger partial charge in [-0.1, -0.05) is 18.2 Å². The van der Waals surface area contributed by atoms with Gasteiger partial charge in [-0.15, -0.1) is 0 Å². The van der Waals surface area contributed by atoms with Gasteiger partial charge in [0.25, 0.3) is 5.91 Å². The maximum atomic E-state index is 12.4. The summed E-state index contributed by atoms with van der Waals surface area (Å²) in [6.45, 7) is 7.07. The Bertz CT molecular complexity index is 800. The number of hydrogen-bond acceptors (Lipinski definition) is 6. The van der Waals surface area contributed by atoms with Crippen molar-refractivity contribution in [3.05, 3.63) is 42.2 Å². The summed E-state index contributed by atoms with van der Waals surface area (Å²) in [6, 6.07) is 11.5. The molecule has 3 heterocycles. The van der Waals surface area contributed by atoms with Gasteiger partial charge >= 0.3 is 0 Å². The van der Waals surface area contributed by atoms with E-state index in [0.29, 0.717) is 13.1 Å². The summed E-state index contributed by atoms with van der Waals surface area (Å²) < 4.78 is 5.59. The molecule has 2 aliphatic rings. The van der Waals surface area contributed by atoms with Crippen molar-refractivity contribution in [2.75, 3.05) is 55.7 Å². The second-order valence-electron chi connectivity index (χ2n) is 7.30. The fourth-order valence-corrected chi connectivity index (χ4v) is 3.74. The molecule has 0 atom stereocenters. The van der Waals surface area contributed by atoms with Gasteiger partial charge in [0.1, 0.15) is 23.2 Å². The number of carbonyl (C=O) groups is 1. The number of hydrogen-bond donors (Lipinski definition) is 0. The number of carbonyl (C=O) groups excluding carboxylic acids is 1. The molecule has 2 saturated heterocycles. The first-order chi connectivity index (χ1) is 13.7. The predicted octanol–water partition coefficient (Wildman–Crippen LogP) is 2.11. The standard InChI is InChI=1S/C21H27N5O2/c1-17-22-19(24-9-5-6-10-24)15-20(23-17)25-11-13-26(14-12-25)21(27)16-28-18-7-3-2-4-8-18/h2-4,7-8,15H,5-6,9-14,16H2,1H3. The molecule has 0 bridgehead atoms. The second kappa shape index (κ2) is 8.46. The van der Waals surface area contributed by atoms with Gasteiger partial charge in [0.05, 0.1) is 0 Å². The van der Waals surface area contributed by atoms with Gasteiger partial charge in [-0.3, -0.25) is 4.79 Å². The molecule has 1 aromatic heterocycles. The van der Waals surface area contributed by atoms with E-state index in [-0.39, 0.29) is 12.5 Å². The Morgan fingerprint density at radius 3 is 2.18 bits per heavy atom. The van der Waals surface area contributed by atoms with Crippen LogP contribution < -0.4 is 14.5 Å². The number of nitrogens with zero attached hydrogens (tertiary/aromatic N) is 5. The summed E-state index contributed by atoms with van der Waals surface area (Å²) in [6.07, 6.45) is 2.45. The molecular weight excluding hydrogens is 354 g/mol. The van der Waals surface area contributed by atoms with Crippen LogP contribution in [0.4, 0.5) is 11.6 Å². The van der Waals surface area contributed by atoms with Gasteiger partial charge in [-0.2, -0.15) is 0 Å². The van der Waals surface area contributed by atoms with E-state index < -0.39 is 0 Å². The van der Waals surface area contributed by atoms with Crippen LogP contribution in [0.2, 0.25) is 0 Å². The number of ether oxygens (including phenoxy) is 1. The van der Waals surface area contributed by atoms with Crippen molar-refractivity contribution in [3.63, 3.8) is 0 Å². The summed E-state index contributed by atoms with van der Waals surface area (Å²) in [7, 11) is 0. The minimum Gasteiger partial charge on any atom is -0.484 e. The topological polar surface area (TPSA) is 61.8 Å². The Morgan fingerprint density at radius 2 is 1.54 bits per heavy atom. The third-order valence-corrected chi connectivity index (χ3v) is 5.30. The molecular formula is C21H27N5O2. The van der Waals surface area contributed by atoms with Crippen molar-refractivity contribution in [1.29, 1.82) is 0 Å². The number of amides is 1. The van der Waals surface area contributed by atoms with Crippen LogP contribution in [0.15, 0.2) is 36.4 Å². The SMILES string of the molecule is Cc1nc(N2CCCC2)cc(N2CCN(C(=O)COc3ccccc3)CC2)n1. The molecule has 2 fully saturated rings. The Labute approximate surface area is 165 Å². The van der Waals surface area contributed by atoms with Crippen molar-refractivity contribution in [3.8, 4) is 5.75 Å². The van der Waals surface area contributed by atoms with E-state index in [0.717, 1.165) is 49.4 Å². The summed E-state index contributed by atoms with van der Waals surface area (Å²) in [5, 5.41) is 0. The zero-order valence-corrected chi connectivity index (χ0v) is 16.4. The average molecular weight is 381 g/mol. The minimum atomic E-state index is 0.0279. The number of anilines is 2. The highest BCUT2D eigenvalue weighted by atomic mass is 16.5. The lowest BCUT2D eigenvalue weighted by molar-refractivity contribution is -0.133. The minimum absolute atomic E-state index is 0.0279. The van der Waals surface area contributed by atoms with E-state index >= 15 is 0 Å². The van der Waals surface area contributed by atoms with Gasteiger partial charge in [0.2, 0.25) is 0 Å². The first-order valence-electron chi connectivity index (χ1n) is 10.0. The molecule has 0 radical (unpaired) electrons. The van der Waals surface area contributed by atoms with E-state index in [1.807, 2.05) is 42.2 Å². The van der Waals surface area contributed by atoms with Crippen molar-refractivity contribution in [2.45, 2.75) is 19.8 Å². The molecule has 2 aliphatic heterocycles. The number of rotatable bonds is 5. The maximum Gasteiger partial charge on any atom is 0.260 e. The van der Waals surface area contributed by atoms with Crippen LogP contribution in [0.3, 0.4) is 0 Å². The van der Waals surface area contributed by atoms with Crippen LogP contribution in [0.1, 0.15) is 18.7 Å². The Morgan fingerprint density at radius 1 is 0.929 bits per heavy atom. The Hall–Kier alpha value is -2.83. The summed E-state index contributed by atoms with van der Waals surface area (Å²) in [5.74, 6) is 3.53. The Kier molecular flexibility index (Phi) is 5.60. The van der Waals surface area contributed by atoms with E-state index in [4.69, 9.17) is 4.74 Å². The van der Waals surface area contributed by atoms with Crippen LogP contribution in [-0.2, 0) is 4.79 Å². The zero-order chi connectivity index (χ0) is 19.3. The number of para-hydroxylation sites is 1. The van der Waals surface area contributed by atoms with Crippen molar-refractivity contribution in [2.24, 2.45) is 0 Å². The molecule has 2 aromatic rings. The Balaban J connectivity index is 1.33. The van der Waals surface area contributed by atoms with Crippen molar-refractivity contribution in [1.82, 2.24) is 14.9 Å². The monoisotopic (exact) mass is 381 g/mol. The summed E-state index contributed by atoms with van der Waals surface area (Å²) >= 11 is 0. The fraction of sp³-hybridized carbons (Fsp3) is 0.476. The van der Waals surface area contributed by atoms with Gasteiger partial charge in [-0.05, 0) is 31.9 Å². The smallest absolute Gasteiger partial charge is 0.260 e. The first-order valence-corrected chi connectivity index (χ1v) is 10.0. The first kappa shape index (κ1) is 18.5. The molecule has 148 valence electrons. The third kappa shape index (κ3) is 4.35. The lowest BCUT2D eigenvalue weighted by Crippen LogP contribution is -2.50. The van der Waals surface area contributed by atoms with Gasteiger partial charge < -0.3 is 19.4 Å². The van der Waals surface area contributed by atoms with E-state index in [1.165, 1.54) is 12.8 Å². The average Bonchev–Trinajstić information content (AvgIpc) is 3.27. The highest BCUT2D eigenvalue weighted by Crippen LogP contribution is 2.23. The third-order valence-electron chi connectivity index (χ3n) is 5.30. The van der Waals surface area contributed by atoms with Crippen LogP contribution >= 0.6 is 0 Å². The van der Waals surface area contributed by atoms with Crippen LogP contribution in [0, 0.1) is 6.92 Å². The maximum absolute atomic E-state index is 12.4. The van der Waals surface area contributed by atoms with E-state index in [1.54, 1.807) is 0 Å². The largest absolute Gasteiger partial charge is 0.484 e. The summed E-state index contributed by atoms with van der Waals surface area (Å²) in [5.41, 5.74) is 0. The highest BCUT2D eigenvalue weighted by molar-refractivity contribution is 5.78. The number of aromatic nitrogens is 2. The van der Waals surface area contributed by atoms with Crippen LogP contribution in [-0.4, -0.2) is 66.7 Å². The zero-order valence-electron chi connectivity index (χ0n) is 16.4. The molecule has 28 heavy (non-hydrogen) atoms. The molecule has 0 saturated carbocycles. The predicted molar refractivity (Wildman–Crippen MR) is 109 cm³/mol. The molecule has 7 nitrogen and oxygen atoms in total. The molecule has 0 spiro atoms. The van der Waals surface area contributed by atoms with Crippen LogP contribution in [0.25, 0.3) is 0 Å². The molecule has 7 heteroatoms. The van der Waals surface area contributed by atoms with Crippen molar-refractivity contribution < 1.29 is 9.53 Å². The lowest BCUT2D eigenvalue weighted by Gasteiger charge is -2.35. The lowest BCUT2D eigenvalue weighted by atomic mass is 10.3. The van der Waals surface area contributed by atoms with E-state index in [9.17, 15) is 4.79 Å². The van der Waals surface area contributed by atoms with Gasteiger partial charge in [0.15, 0.2) is 6.61 Å². The normalized spacial score (nSPS) is 17.1. The number of piperazine rings is 1. The molecule has 4 rings (SSSR count). The molecule has 1 amide bonds. The second-order valence-corrected chi connectivity index (χ2v) is 7.30. The molecule has 0 aliphatic carbocycles. The van der Waals surface area contributed by atoms with Gasteiger partial charge in [-0.25, -0.2) is 9.97 Å². The van der Waals surface area contributed by atoms with E-state index in [2.05, 4.69) is 25.8 Å².